The van der Waals surface area contributed by atoms with Crippen molar-refractivity contribution in [1.82, 2.24) is 5.32 Å². The molecule has 0 saturated heterocycles. The number of rotatable bonds is 4. The molecular weight excluding hydrogens is 150 g/mol. The van der Waals surface area contributed by atoms with Gasteiger partial charge < -0.3 is 5.32 Å². The number of hydrogen-bond acceptors (Lipinski definition) is 1. The Morgan fingerprint density at radius 1 is 1.42 bits per heavy atom. The van der Waals surface area contributed by atoms with Crippen LogP contribution in [0, 0.1) is 0 Å². The highest BCUT2D eigenvalue weighted by Gasteiger charge is 2.00. The van der Waals surface area contributed by atoms with Crippen LogP contribution in [0.2, 0.25) is 0 Å². The van der Waals surface area contributed by atoms with Gasteiger partial charge in [0, 0.05) is 6.04 Å². The average molecular weight is 167 g/mol. The van der Waals surface area contributed by atoms with Gasteiger partial charge in [-0.3, -0.25) is 4.79 Å². The first-order valence-corrected chi connectivity index (χ1v) is 4.12. The van der Waals surface area contributed by atoms with E-state index in [9.17, 15) is 4.79 Å². The van der Waals surface area contributed by atoms with Crippen molar-refractivity contribution < 1.29 is 4.79 Å². The minimum atomic E-state index is 0.123. The summed E-state index contributed by atoms with van der Waals surface area (Å²) in [6, 6.07) is 0.123. The summed E-state index contributed by atoms with van der Waals surface area (Å²) in [6.45, 7) is 8.01. The van der Waals surface area contributed by atoms with Crippen LogP contribution < -0.4 is 5.32 Å². The maximum atomic E-state index is 10.1. The quantitative estimate of drug-likeness (QED) is 0.504. The smallest absolute Gasteiger partial charge is 0.207 e. The minimum Gasteiger partial charge on any atom is -0.352 e. The zero-order valence-electron chi connectivity index (χ0n) is 8.22. The van der Waals surface area contributed by atoms with Crippen LogP contribution in [0.1, 0.15) is 27.7 Å². The lowest BCUT2D eigenvalue weighted by Gasteiger charge is -2.10. The lowest BCUT2D eigenvalue weighted by Crippen LogP contribution is -2.25. The summed E-state index contributed by atoms with van der Waals surface area (Å²) < 4.78 is 0. The zero-order chi connectivity index (χ0) is 9.56. The minimum absolute atomic E-state index is 0.123. The van der Waals surface area contributed by atoms with Gasteiger partial charge in [0.2, 0.25) is 6.41 Å². The molecule has 0 heterocycles. The summed E-state index contributed by atoms with van der Waals surface area (Å²) in [5.74, 6) is 0. The van der Waals surface area contributed by atoms with Crippen molar-refractivity contribution in [3.8, 4) is 0 Å². The molecule has 0 rings (SSSR count). The number of amides is 1. The van der Waals surface area contributed by atoms with Crippen LogP contribution in [0.15, 0.2) is 23.3 Å². The second-order valence-corrected chi connectivity index (χ2v) is 2.93. The third kappa shape index (κ3) is 3.96. The summed E-state index contributed by atoms with van der Waals surface area (Å²) in [7, 11) is 0. The first-order valence-electron chi connectivity index (χ1n) is 4.12. The zero-order valence-corrected chi connectivity index (χ0v) is 8.22. The van der Waals surface area contributed by atoms with E-state index in [-0.39, 0.29) is 6.04 Å². The van der Waals surface area contributed by atoms with Gasteiger partial charge in [0.05, 0.1) is 0 Å². The van der Waals surface area contributed by atoms with Crippen LogP contribution in [0.4, 0.5) is 0 Å². The van der Waals surface area contributed by atoms with Gasteiger partial charge in [-0.05, 0) is 27.7 Å². The van der Waals surface area contributed by atoms with Crippen LogP contribution >= 0.6 is 0 Å². The predicted molar refractivity (Wildman–Crippen MR) is 51.8 cm³/mol. The van der Waals surface area contributed by atoms with Crippen molar-refractivity contribution in [3.05, 3.63) is 23.3 Å². The molecule has 68 valence electrons. The number of carbonyl (C=O) groups excluding carboxylic acids is 1. The molecule has 0 aliphatic heterocycles. The Morgan fingerprint density at radius 2 is 2.00 bits per heavy atom. The summed E-state index contributed by atoms with van der Waals surface area (Å²) in [5, 5.41) is 2.70. The summed E-state index contributed by atoms with van der Waals surface area (Å²) in [4.78, 5) is 10.1. The maximum absolute atomic E-state index is 10.1. The van der Waals surface area contributed by atoms with E-state index in [1.807, 2.05) is 33.8 Å². The van der Waals surface area contributed by atoms with Crippen LogP contribution in [0.25, 0.3) is 0 Å². The Labute approximate surface area is 74.4 Å². The Balaban J connectivity index is 4.25. The molecule has 2 nitrogen and oxygen atoms in total. The molecule has 0 bridgehead atoms. The van der Waals surface area contributed by atoms with E-state index in [1.54, 1.807) is 0 Å². The van der Waals surface area contributed by atoms with Crippen LogP contribution in [-0.4, -0.2) is 12.5 Å². The average Bonchev–Trinajstić information content (AvgIpc) is 2.04. The Hall–Kier alpha value is -1.05. The van der Waals surface area contributed by atoms with E-state index in [0.29, 0.717) is 0 Å². The van der Waals surface area contributed by atoms with E-state index in [2.05, 4.69) is 11.4 Å². The van der Waals surface area contributed by atoms with Crippen molar-refractivity contribution in [1.29, 1.82) is 0 Å². The number of carbonyl (C=O) groups is 1. The van der Waals surface area contributed by atoms with E-state index in [4.69, 9.17) is 0 Å². The molecule has 12 heavy (non-hydrogen) atoms. The highest BCUT2D eigenvalue weighted by molar-refractivity contribution is 5.48. The molecular formula is C10H17NO. The van der Waals surface area contributed by atoms with E-state index < -0.39 is 0 Å². The van der Waals surface area contributed by atoms with Crippen LogP contribution in [0.5, 0.6) is 0 Å². The second kappa shape index (κ2) is 5.58. The monoisotopic (exact) mass is 167 g/mol. The number of allylic oxidation sites excluding steroid dienone is 3. The van der Waals surface area contributed by atoms with Crippen LogP contribution in [0.3, 0.4) is 0 Å². The van der Waals surface area contributed by atoms with Gasteiger partial charge >= 0.3 is 0 Å². The third-order valence-electron chi connectivity index (χ3n) is 1.91. The van der Waals surface area contributed by atoms with E-state index in [0.717, 1.165) is 12.0 Å². The van der Waals surface area contributed by atoms with Gasteiger partial charge in [0.15, 0.2) is 0 Å². The first kappa shape index (κ1) is 11.0. The summed E-state index contributed by atoms with van der Waals surface area (Å²) >= 11 is 0. The summed E-state index contributed by atoms with van der Waals surface area (Å²) in [6.07, 6.45) is 4.84. The predicted octanol–water partition coefficient (Wildman–Crippen LogP) is 2.03. The molecule has 0 aromatic heterocycles. The van der Waals surface area contributed by atoms with Gasteiger partial charge in [-0.25, -0.2) is 0 Å². The van der Waals surface area contributed by atoms with Crippen LogP contribution in [-0.2, 0) is 4.79 Å². The van der Waals surface area contributed by atoms with Gasteiger partial charge in [-0.2, -0.15) is 0 Å². The third-order valence-corrected chi connectivity index (χ3v) is 1.91. The number of nitrogens with one attached hydrogen (secondary N) is 1. The lowest BCUT2D eigenvalue weighted by molar-refractivity contribution is -0.109. The second-order valence-electron chi connectivity index (χ2n) is 2.93. The largest absolute Gasteiger partial charge is 0.352 e. The molecule has 1 atom stereocenters. The highest BCUT2D eigenvalue weighted by Crippen LogP contribution is 2.05. The fourth-order valence-electron chi connectivity index (χ4n) is 0.801. The first-order chi connectivity index (χ1) is 5.61. The Kier molecular flexibility index (Phi) is 5.09. The molecule has 1 amide bonds. The molecule has 0 aliphatic rings. The van der Waals surface area contributed by atoms with Gasteiger partial charge in [0.1, 0.15) is 0 Å². The van der Waals surface area contributed by atoms with Crippen molar-refractivity contribution >= 4 is 6.41 Å². The van der Waals surface area contributed by atoms with Gasteiger partial charge in [0.25, 0.3) is 0 Å². The van der Waals surface area contributed by atoms with Crippen molar-refractivity contribution in [2.75, 3.05) is 0 Å². The molecule has 0 unspecified atom stereocenters. The molecule has 2 heteroatoms. The molecule has 0 aromatic carbocycles. The Morgan fingerprint density at radius 3 is 2.42 bits per heavy atom. The van der Waals surface area contributed by atoms with Crippen molar-refractivity contribution in [2.24, 2.45) is 0 Å². The molecule has 0 aliphatic carbocycles. The Bertz CT molecular complexity index is 204. The molecule has 0 radical (unpaired) electrons. The molecule has 1 N–H and O–H groups in total. The molecule has 0 saturated carbocycles. The molecule has 0 fully saturated rings. The lowest BCUT2D eigenvalue weighted by atomic mass is 10.1. The maximum Gasteiger partial charge on any atom is 0.207 e. The molecule has 0 spiro atoms. The van der Waals surface area contributed by atoms with E-state index in [1.165, 1.54) is 5.57 Å². The highest BCUT2D eigenvalue weighted by atomic mass is 16.1. The number of hydrogen-bond donors (Lipinski definition) is 1. The summed E-state index contributed by atoms with van der Waals surface area (Å²) in [5.41, 5.74) is 2.38. The van der Waals surface area contributed by atoms with Crippen molar-refractivity contribution in [3.63, 3.8) is 0 Å². The van der Waals surface area contributed by atoms with Gasteiger partial charge in [-0.15, -0.1) is 0 Å². The standard InChI is InChI=1S/C10H17NO/c1-5-8(2)6-9(3)10(4)11-7-12/h5-7,10H,1-4H3,(H,11,12)/b8-5-,9-6+/t10-/m1/s1. The van der Waals surface area contributed by atoms with Crippen molar-refractivity contribution in [2.45, 2.75) is 33.7 Å². The fourth-order valence-corrected chi connectivity index (χ4v) is 0.801. The fraction of sp³-hybridized carbons (Fsp3) is 0.500. The van der Waals surface area contributed by atoms with Gasteiger partial charge in [-0.1, -0.05) is 23.3 Å². The van der Waals surface area contributed by atoms with E-state index >= 15 is 0 Å². The molecule has 0 aromatic rings. The SMILES string of the molecule is C/C=C(C)\C=C(/C)[C@@H](C)NC=O. The topological polar surface area (TPSA) is 29.1 Å². The normalized spacial score (nSPS) is 15.7.